The molecule has 0 unspecified atom stereocenters. The second-order valence-corrected chi connectivity index (χ2v) is 11.0. The molecule has 0 aromatic heterocycles. The van der Waals surface area contributed by atoms with E-state index >= 15 is 0 Å². The number of hydrogen-bond acceptors (Lipinski definition) is 9. The first-order valence-corrected chi connectivity index (χ1v) is 15.0. The fourth-order valence-electron chi connectivity index (χ4n) is 5.24. The molecule has 242 valence electrons. The number of carbonyl (C=O) groups is 4. The van der Waals surface area contributed by atoms with Gasteiger partial charge in [-0.05, 0) is 29.4 Å². The van der Waals surface area contributed by atoms with Crippen molar-refractivity contribution in [3.63, 3.8) is 0 Å². The first-order valence-electron chi connectivity index (χ1n) is 15.0. The van der Waals surface area contributed by atoms with Crippen molar-refractivity contribution in [2.75, 3.05) is 19.6 Å². The lowest BCUT2D eigenvalue weighted by Crippen LogP contribution is -2.61. The molecule has 1 aliphatic heterocycles. The van der Waals surface area contributed by atoms with Crippen molar-refractivity contribution in [2.24, 2.45) is 5.92 Å². The van der Waals surface area contributed by atoms with Crippen molar-refractivity contribution in [1.82, 2.24) is 15.5 Å². The van der Waals surface area contributed by atoms with Crippen LogP contribution in [0.3, 0.4) is 0 Å². The molecule has 1 aliphatic rings. The van der Waals surface area contributed by atoms with Crippen LogP contribution in [0, 0.1) is 5.92 Å². The highest BCUT2D eigenvalue weighted by atomic mass is 16.6. The average molecular weight is 631 g/mol. The quantitative estimate of drug-likeness (QED) is 0.119. The lowest BCUT2D eigenvalue weighted by atomic mass is 9.78. The van der Waals surface area contributed by atoms with Gasteiger partial charge in [-0.2, -0.15) is 0 Å². The summed E-state index contributed by atoms with van der Waals surface area (Å²) >= 11 is 0. The zero-order chi connectivity index (χ0) is 32.8. The van der Waals surface area contributed by atoms with Gasteiger partial charge in [0.15, 0.2) is 5.54 Å². The van der Waals surface area contributed by atoms with Gasteiger partial charge in [-0.15, -0.1) is 0 Å². The Morgan fingerprint density at radius 3 is 1.78 bits per heavy atom. The van der Waals surface area contributed by atoms with E-state index in [1.54, 1.807) is 60.7 Å². The summed E-state index contributed by atoms with van der Waals surface area (Å²) in [5.74, 6) is -1.96. The van der Waals surface area contributed by atoms with Crippen LogP contribution in [0.25, 0.3) is 0 Å². The highest BCUT2D eigenvalue weighted by Crippen LogP contribution is 2.34. The van der Waals surface area contributed by atoms with E-state index in [9.17, 15) is 29.2 Å². The summed E-state index contributed by atoms with van der Waals surface area (Å²) in [4.78, 5) is 54.0. The SMILES string of the molecule is O=C(NCC(=O)N1C[C@H](CCCB(O)O)[C@](NC(=O)OCc2ccccc2)(C(=O)OCc2ccccc2)C1)OCc1ccccc1. The van der Waals surface area contributed by atoms with Gasteiger partial charge in [-0.1, -0.05) is 97.4 Å². The minimum absolute atomic E-state index is 0.0207. The lowest BCUT2D eigenvalue weighted by Gasteiger charge is -2.33. The van der Waals surface area contributed by atoms with E-state index in [2.05, 4.69) is 10.6 Å². The molecule has 0 radical (unpaired) electrons. The highest BCUT2D eigenvalue weighted by molar-refractivity contribution is 6.40. The molecule has 0 aliphatic carbocycles. The van der Waals surface area contributed by atoms with Crippen LogP contribution in [0.15, 0.2) is 91.0 Å². The van der Waals surface area contributed by atoms with Crippen molar-refractivity contribution in [3.05, 3.63) is 108 Å². The Hall–Kier alpha value is -4.88. The molecule has 13 heteroatoms. The topological polar surface area (TPSA) is 164 Å². The molecule has 4 rings (SSSR count). The second kappa shape index (κ2) is 17.0. The van der Waals surface area contributed by atoms with E-state index in [0.29, 0.717) is 0 Å². The number of likely N-dealkylation sites (tertiary alicyclic amines) is 1. The Bertz CT molecular complexity index is 1430. The Labute approximate surface area is 267 Å². The number of nitrogens with one attached hydrogen (secondary N) is 2. The maximum absolute atomic E-state index is 13.9. The van der Waals surface area contributed by atoms with E-state index in [1.807, 2.05) is 30.3 Å². The summed E-state index contributed by atoms with van der Waals surface area (Å²) in [5.41, 5.74) is 0.525. The van der Waals surface area contributed by atoms with Crippen molar-refractivity contribution < 1.29 is 43.4 Å². The largest absolute Gasteiger partial charge is 0.459 e. The van der Waals surface area contributed by atoms with Crippen LogP contribution in [-0.2, 0) is 43.6 Å². The van der Waals surface area contributed by atoms with E-state index in [0.717, 1.165) is 16.7 Å². The maximum atomic E-state index is 13.9. The zero-order valence-corrected chi connectivity index (χ0v) is 25.4. The van der Waals surface area contributed by atoms with Crippen LogP contribution in [0.4, 0.5) is 9.59 Å². The Morgan fingerprint density at radius 1 is 0.761 bits per heavy atom. The number of nitrogens with zero attached hydrogens (tertiary/aromatic N) is 1. The van der Waals surface area contributed by atoms with E-state index in [4.69, 9.17) is 14.2 Å². The van der Waals surface area contributed by atoms with Crippen molar-refractivity contribution in [3.8, 4) is 0 Å². The van der Waals surface area contributed by atoms with Crippen molar-refractivity contribution in [2.45, 2.75) is 44.5 Å². The van der Waals surface area contributed by atoms with Gasteiger partial charge in [-0.3, -0.25) is 4.79 Å². The second-order valence-electron chi connectivity index (χ2n) is 11.0. The minimum atomic E-state index is -1.72. The van der Waals surface area contributed by atoms with Gasteiger partial charge >= 0.3 is 25.3 Å². The van der Waals surface area contributed by atoms with Gasteiger partial charge < -0.3 is 39.8 Å². The van der Waals surface area contributed by atoms with Crippen LogP contribution in [0.2, 0.25) is 6.32 Å². The van der Waals surface area contributed by atoms with Gasteiger partial charge in [-0.25, -0.2) is 14.4 Å². The number of esters is 1. The van der Waals surface area contributed by atoms with Crippen molar-refractivity contribution in [1.29, 1.82) is 0 Å². The molecule has 1 saturated heterocycles. The molecule has 3 aromatic rings. The van der Waals surface area contributed by atoms with Crippen LogP contribution in [0.1, 0.15) is 29.5 Å². The normalized spacial score (nSPS) is 17.1. The standard InChI is InChI=1S/C33H38BN3O9/c38-29(19-35-31(40)45-22-26-13-6-2-7-14-26)37-20-28(17-10-18-34(42)43)33(24-37,30(39)44-21-25-11-4-1-5-12-25)36-32(41)46-23-27-15-8-3-9-16-27/h1-9,11-16,28,42-43H,10,17-24H2,(H,35,40)(H,36,41)/t28-,33-/m0/s1. The first kappa shape index (κ1) is 34.0. The molecule has 2 atom stereocenters. The molecule has 1 fully saturated rings. The molecular formula is C33H38BN3O9. The summed E-state index contributed by atoms with van der Waals surface area (Å²) in [6.07, 6.45) is -1.13. The van der Waals surface area contributed by atoms with E-state index in [-0.39, 0.29) is 52.1 Å². The van der Waals surface area contributed by atoms with Gasteiger partial charge in [0, 0.05) is 12.5 Å². The summed E-state index contributed by atoms with van der Waals surface area (Å²) in [6.45, 7) is -0.751. The van der Waals surface area contributed by atoms with Gasteiger partial charge in [0.05, 0.1) is 6.54 Å². The predicted octanol–water partition coefficient (Wildman–Crippen LogP) is 3.03. The molecule has 4 N–H and O–H groups in total. The first-order chi connectivity index (χ1) is 22.2. The third-order valence-corrected chi connectivity index (χ3v) is 7.66. The third kappa shape index (κ3) is 10.1. The van der Waals surface area contributed by atoms with E-state index < -0.39 is 49.2 Å². The lowest BCUT2D eigenvalue weighted by molar-refractivity contribution is -0.154. The Kier molecular flexibility index (Phi) is 12.6. The molecule has 1 heterocycles. The summed E-state index contributed by atoms with van der Waals surface area (Å²) < 4.78 is 16.3. The monoisotopic (exact) mass is 631 g/mol. The number of ether oxygens (including phenoxy) is 3. The van der Waals surface area contributed by atoms with Crippen LogP contribution < -0.4 is 10.6 Å². The molecule has 3 amide bonds. The molecule has 3 aromatic carbocycles. The van der Waals surface area contributed by atoms with Gasteiger partial charge in [0.25, 0.3) is 0 Å². The van der Waals surface area contributed by atoms with Gasteiger partial charge in [0.1, 0.15) is 26.4 Å². The molecule has 0 bridgehead atoms. The van der Waals surface area contributed by atoms with Crippen LogP contribution in [-0.4, -0.2) is 71.3 Å². The number of amides is 3. The predicted molar refractivity (Wildman–Crippen MR) is 168 cm³/mol. The van der Waals surface area contributed by atoms with Crippen LogP contribution >= 0.6 is 0 Å². The fraction of sp³-hybridized carbons (Fsp3) is 0.333. The Balaban J connectivity index is 1.48. The van der Waals surface area contributed by atoms with E-state index in [1.165, 1.54) is 4.90 Å². The van der Waals surface area contributed by atoms with Gasteiger partial charge in [0.2, 0.25) is 5.91 Å². The number of benzene rings is 3. The number of alkyl carbamates (subject to hydrolysis) is 2. The molecule has 12 nitrogen and oxygen atoms in total. The fourth-order valence-corrected chi connectivity index (χ4v) is 5.24. The molecule has 0 saturated carbocycles. The smallest absolute Gasteiger partial charge is 0.451 e. The zero-order valence-electron chi connectivity index (χ0n) is 25.4. The number of rotatable bonds is 14. The molecular weight excluding hydrogens is 593 g/mol. The highest BCUT2D eigenvalue weighted by Gasteiger charge is 2.55. The Morgan fingerprint density at radius 2 is 1.26 bits per heavy atom. The average Bonchev–Trinajstić information content (AvgIpc) is 3.44. The number of hydrogen-bond donors (Lipinski definition) is 4. The summed E-state index contributed by atoms with van der Waals surface area (Å²) in [7, 11) is -1.56. The molecule has 46 heavy (non-hydrogen) atoms. The van der Waals surface area contributed by atoms with Crippen LogP contribution in [0.5, 0.6) is 0 Å². The number of carbonyl (C=O) groups excluding carboxylic acids is 4. The third-order valence-electron chi connectivity index (χ3n) is 7.66. The summed E-state index contributed by atoms with van der Waals surface area (Å²) in [5, 5.41) is 24.0. The minimum Gasteiger partial charge on any atom is -0.459 e. The maximum Gasteiger partial charge on any atom is 0.451 e. The summed E-state index contributed by atoms with van der Waals surface area (Å²) in [6, 6.07) is 27.1. The van der Waals surface area contributed by atoms with Crippen molar-refractivity contribution >= 4 is 31.2 Å². The molecule has 0 spiro atoms.